The van der Waals surface area contributed by atoms with E-state index >= 15 is 0 Å². The molecule has 142 valence electrons. The summed E-state index contributed by atoms with van der Waals surface area (Å²) in [5.41, 5.74) is 0.0176. The average Bonchev–Trinajstić information content (AvgIpc) is 2.66. The second-order valence-corrected chi connectivity index (χ2v) is 6.16. The molecule has 0 saturated carbocycles. The minimum Gasteiger partial charge on any atom is -0.480 e. The van der Waals surface area contributed by atoms with Crippen LogP contribution in [-0.4, -0.2) is 38.9 Å². The van der Waals surface area contributed by atoms with Crippen LogP contribution in [-0.2, 0) is 4.79 Å². The van der Waals surface area contributed by atoms with Crippen LogP contribution < -0.4 is 10.6 Å². The SMILES string of the molecule is CCCC[C@H](NC(=O)c1nccnc1C(=O)Nc1ccc(Cl)cc1)C(=O)O. The molecule has 2 amide bonds. The number of unbranched alkanes of at least 4 members (excludes halogenated alkanes) is 1. The maximum Gasteiger partial charge on any atom is 0.326 e. The highest BCUT2D eigenvalue weighted by atomic mass is 35.5. The molecule has 0 saturated heterocycles. The Morgan fingerprint density at radius 3 is 2.22 bits per heavy atom. The maximum atomic E-state index is 12.5. The van der Waals surface area contributed by atoms with E-state index in [0.29, 0.717) is 17.1 Å². The van der Waals surface area contributed by atoms with Crippen molar-refractivity contribution in [2.24, 2.45) is 0 Å². The van der Waals surface area contributed by atoms with Gasteiger partial charge in [0.25, 0.3) is 11.8 Å². The zero-order chi connectivity index (χ0) is 19.8. The zero-order valence-corrected chi connectivity index (χ0v) is 15.4. The molecule has 1 aromatic carbocycles. The number of amides is 2. The van der Waals surface area contributed by atoms with Crippen molar-refractivity contribution in [3.05, 3.63) is 53.1 Å². The number of hydrogen-bond donors (Lipinski definition) is 3. The highest BCUT2D eigenvalue weighted by Gasteiger charge is 2.25. The van der Waals surface area contributed by atoms with Crippen molar-refractivity contribution in [2.45, 2.75) is 32.2 Å². The number of nitrogens with one attached hydrogen (secondary N) is 2. The normalized spacial score (nSPS) is 11.5. The van der Waals surface area contributed by atoms with Gasteiger partial charge in [0.05, 0.1) is 0 Å². The lowest BCUT2D eigenvalue weighted by Gasteiger charge is -2.14. The Labute approximate surface area is 161 Å². The van der Waals surface area contributed by atoms with E-state index < -0.39 is 23.8 Å². The van der Waals surface area contributed by atoms with Gasteiger partial charge in [0.1, 0.15) is 6.04 Å². The van der Waals surface area contributed by atoms with Crippen LogP contribution in [0.5, 0.6) is 0 Å². The molecule has 0 spiro atoms. The number of carbonyl (C=O) groups is 3. The number of carboxylic acids is 1. The van der Waals surface area contributed by atoms with Crippen molar-refractivity contribution < 1.29 is 19.5 Å². The monoisotopic (exact) mass is 390 g/mol. The predicted molar refractivity (Wildman–Crippen MR) is 99.9 cm³/mol. The fourth-order valence-corrected chi connectivity index (χ4v) is 2.41. The lowest BCUT2D eigenvalue weighted by atomic mass is 10.1. The van der Waals surface area contributed by atoms with Crippen LogP contribution in [0.15, 0.2) is 36.7 Å². The Morgan fingerprint density at radius 2 is 1.67 bits per heavy atom. The number of nitrogens with zero attached hydrogens (tertiary/aromatic N) is 2. The highest BCUT2D eigenvalue weighted by Crippen LogP contribution is 2.15. The molecule has 8 nitrogen and oxygen atoms in total. The van der Waals surface area contributed by atoms with Crippen LogP contribution in [0.3, 0.4) is 0 Å². The molecule has 0 bridgehead atoms. The molecule has 0 fully saturated rings. The van der Waals surface area contributed by atoms with Crippen LogP contribution >= 0.6 is 11.6 Å². The largest absolute Gasteiger partial charge is 0.480 e. The molecule has 27 heavy (non-hydrogen) atoms. The Kier molecular flexibility index (Phi) is 7.25. The summed E-state index contributed by atoms with van der Waals surface area (Å²) in [5.74, 6) is -2.56. The molecule has 0 radical (unpaired) electrons. The smallest absolute Gasteiger partial charge is 0.326 e. The van der Waals surface area contributed by atoms with Gasteiger partial charge in [-0.1, -0.05) is 31.4 Å². The van der Waals surface area contributed by atoms with Crippen LogP contribution in [0.2, 0.25) is 5.02 Å². The third-order valence-electron chi connectivity index (χ3n) is 3.68. The Bertz CT molecular complexity index is 826. The molecule has 1 heterocycles. The summed E-state index contributed by atoms with van der Waals surface area (Å²) in [5, 5.41) is 14.8. The third-order valence-corrected chi connectivity index (χ3v) is 3.93. The third kappa shape index (κ3) is 5.75. The Balaban J connectivity index is 2.18. The van der Waals surface area contributed by atoms with Gasteiger partial charge in [0.15, 0.2) is 11.4 Å². The fourth-order valence-electron chi connectivity index (χ4n) is 2.29. The number of rotatable bonds is 8. The molecule has 1 aromatic heterocycles. The second kappa shape index (κ2) is 9.63. The standard InChI is InChI=1S/C18H19ClN4O4/c1-2-3-4-13(18(26)27)23-17(25)15-14(20-9-10-21-15)16(24)22-12-7-5-11(19)6-8-12/h5-10,13H,2-4H2,1H3,(H,22,24)(H,23,25)(H,26,27)/t13-/m0/s1. The topological polar surface area (TPSA) is 121 Å². The van der Waals surface area contributed by atoms with Crippen LogP contribution in [0.25, 0.3) is 0 Å². The fraction of sp³-hybridized carbons (Fsp3) is 0.278. The number of benzene rings is 1. The second-order valence-electron chi connectivity index (χ2n) is 5.72. The van der Waals surface area contributed by atoms with Crippen molar-refractivity contribution in [2.75, 3.05) is 5.32 Å². The summed E-state index contributed by atoms with van der Waals surface area (Å²) >= 11 is 5.81. The first-order chi connectivity index (χ1) is 12.9. The van der Waals surface area contributed by atoms with Gasteiger partial charge in [-0.15, -0.1) is 0 Å². The first-order valence-corrected chi connectivity index (χ1v) is 8.71. The van der Waals surface area contributed by atoms with Crippen LogP contribution in [0.1, 0.15) is 47.2 Å². The highest BCUT2D eigenvalue weighted by molar-refractivity contribution is 6.30. The molecule has 2 aromatic rings. The summed E-state index contributed by atoms with van der Waals surface area (Å²) in [7, 11) is 0. The van der Waals surface area contributed by atoms with Crippen molar-refractivity contribution in [3.63, 3.8) is 0 Å². The van der Waals surface area contributed by atoms with E-state index in [4.69, 9.17) is 11.6 Å². The van der Waals surface area contributed by atoms with E-state index in [9.17, 15) is 19.5 Å². The first kappa shape index (κ1) is 20.3. The van der Waals surface area contributed by atoms with E-state index in [0.717, 1.165) is 6.42 Å². The van der Waals surface area contributed by atoms with Crippen LogP contribution in [0, 0.1) is 0 Å². The number of hydrogen-bond acceptors (Lipinski definition) is 5. The summed E-state index contributed by atoms with van der Waals surface area (Å²) < 4.78 is 0. The minimum absolute atomic E-state index is 0.204. The van der Waals surface area contributed by atoms with Crippen molar-refractivity contribution in [3.8, 4) is 0 Å². The molecule has 1 atom stereocenters. The lowest BCUT2D eigenvalue weighted by Crippen LogP contribution is -2.41. The minimum atomic E-state index is -1.15. The lowest BCUT2D eigenvalue weighted by molar-refractivity contribution is -0.139. The van der Waals surface area contributed by atoms with Crippen molar-refractivity contribution in [1.82, 2.24) is 15.3 Å². The van der Waals surface area contributed by atoms with E-state index in [-0.39, 0.29) is 17.8 Å². The predicted octanol–water partition coefficient (Wildman–Crippen LogP) is 2.76. The molecule has 9 heteroatoms. The Hall–Kier alpha value is -3.00. The van der Waals surface area contributed by atoms with Crippen molar-refractivity contribution >= 4 is 35.1 Å². The molecular formula is C18H19ClN4O4. The number of halogens is 1. The van der Waals surface area contributed by atoms with Gasteiger partial charge in [-0.3, -0.25) is 9.59 Å². The first-order valence-electron chi connectivity index (χ1n) is 8.34. The summed E-state index contributed by atoms with van der Waals surface area (Å²) in [6, 6.07) is 5.34. The molecule has 3 N–H and O–H groups in total. The van der Waals surface area contributed by atoms with Gasteiger partial charge >= 0.3 is 5.97 Å². The quantitative estimate of drug-likeness (QED) is 0.637. The summed E-state index contributed by atoms with van der Waals surface area (Å²) in [6.07, 6.45) is 4.25. The summed E-state index contributed by atoms with van der Waals surface area (Å²) in [6.45, 7) is 1.92. The maximum absolute atomic E-state index is 12.5. The molecule has 0 aliphatic rings. The van der Waals surface area contributed by atoms with Gasteiger partial charge in [-0.25, -0.2) is 14.8 Å². The van der Waals surface area contributed by atoms with Gasteiger partial charge in [0.2, 0.25) is 0 Å². The summed E-state index contributed by atoms with van der Waals surface area (Å²) in [4.78, 5) is 44.1. The zero-order valence-electron chi connectivity index (χ0n) is 14.6. The number of aliphatic carboxylic acids is 1. The number of anilines is 1. The van der Waals surface area contributed by atoms with Crippen LogP contribution in [0.4, 0.5) is 5.69 Å². The van der Waals surface area contributed by atoms with Gasteiger partial charge in [-0.2, -0.15) is 0 Å². The number of carbonyl (C=O) groups excluding carboxylic acids is 2. The van der Waals surface area contributed by atoms with Crippen molar-refractivity contribution in [1.29, 1.82) is 0 Å². The average molecular weight is 391 g/mol. The van der Waals surface area contributed by atoms with E-state index in [1.165, 1.54) is 12.4 Å². The van der Waals surface area contributed by atoms with Gasteiger partial charge in [-0.05, 0) is 30.7 Å². The van der Waals surface area contributed by atoms with Gasteiger partial charge < -0.3 is 15.7 Å². The Morgan fingerprint density at radius 1 is 1.07 bits per heavy atom. The molecule has 2 rings (SSSR count). The molecular weight excluding hydrogens is 372 g/mol. The van der Waals surface area contributed by atoms with Gasteiger partial charge in [0, 0.05) is 23.1 Å². The molecule has 0 aliphatic heterocycles. The van der Waals surface area contributed by atoms with E-state index in [1.54, 1.807) is 24.3 Å². The van der Waals surface area contributed by atoms with E-state index in [2.05, 4.69) is 20.6 Å². The number of carboxylic acid groups (broad SMARTS) is 1. The van der Waals surface area contributed by atoms with E-state index in [1.807, 2.05) is 6.92 Å². The molecule has 0 unspecified atom stereocenters. The molecule has 0 aliphatic carbocycles. The number of aromatic nitrogens is 2.